The maximum Gasteiger partial charge on any atom is 0.191 e. The Morgan fingerprint density at radius 3 is 2.77 bits per heavy atom. The van der Waals surface area contributed by atoms with Crippen LogP contribution in [-0.2, 0) is 13.0 Å². The van der Waals surface area contributed by atoms with E-state index in [1.54, 1.807) is 0 Å². The van der Waals surface area contributed by atoms with E-state index < -0.39 is 0 Å². The Kier molecular flexibility index (Phi) is 9.14. The van der Waals surface area contributed by atoms with Crippen molar-refractivity contribution in [3.8, 4) is 0 Å². The van der Waals surface area contributed by atoms with Crippen LogP contribution in [0, 0.1) is 0 Å². The van der Waals surface area contributed by atoms with Crippen molar-refractivity contribution in [3.63, 3.8) is 0 Å². The number of hydrogen-bond donors (Lipinski definition) is 2. The topological polar surface area (TPSA) is 57.0 Å². The molecular formula is C24H33IN6. The molecule has 2 aromatic heterocycles. The minimum Gasteiger partial charge on any atom is -0.357 e. The Balaban J connectivity index is 0.00000272. The number of nitrogens with zero attached hydrogens (tertiary/aromatic N) is 4. The third-order valence-electron chi connectivity index (χ3n) is 5.62. The molecule has 4 rings (SSSR count). The SMILES string of the molecule is CCNC(=NCC1CCCN1Cc1ccccc1)NCCc1cn2ccccc2n1.I. The molecule has 0 aliphatic carbocycles. The number of halogens is 1. The highest BCUT2D eigenvalue weighted by atomic mass is 127. The molecule has 0 saturated carbocycles. The number of likely N-dealkylation sites (tertiary alicyclic amines) is 1. The van der Waals surface area contributed by atoms with E-state index in [0.717, 1.165) is 56.4 Å². The number of imidazole rings is 1. The van der Waals surface area contributed by atoms with Gasteiger partial charge in [0, 0.05) is 44.5 Å². The lowest BCUT2D eigenvalue weighted by molar-refractivity contribution is 0.250. The average Bonchev–Trinajstić information content (AvgIpc) is 3.39. The fourth-order valence-electron chi connectivity index (χ4n) is 4.08. The van der Waals surface area contributed by atoms with Gasteiger partial charge in [-0.3, -0.25) is 9.89 Å². The third-order valence-corrected chi connectivity index (χ3v) is 5.62. The number of rotatable bonds is 8. The van der Waals surface area contributed by atoms with Gasteiger partial charge in [0.25, 0.3) is 0 Å². The van der Waals surface area contributed by atoms with Crippen molar-refractivity contribution in [1.82, 2.24) is 24.9 Å². The largest absolute Gasteiger partial charge is 0.357 e. The molecule has 0 amide bonds. The predicted molar refractivity (Wildman–Crippen MR) is 138 cm³/mol. The molecule has 166 valence electrons. The molecule has 7 heteroatoms. The summed E-state index contributed by atoms with van der Waals surface area (Å²) >= 11 is 0. The number of hydrogen-bond acceptors (Lipinski definition) is 3. The van der Waals surface area contributed by atoms with Gasteiger partial charge in [0.15, 0.2) is 5.96 Å². The first-order valence-electron chi connectivity index (χ1n) is 11.0. The van der Waals surface area contributed by atoms with Crippen molar-refractivity contribution in [2.75, 3.05) is 26.2 Å². The van der Waals surface area contributed by atoms with E-state index in [0.29, 0.717) is 6.04 Å². The van der Waals surface area contributed by atoms with Crippen molar-refractivity contribution in [2.45, 2.75) is 38.8 Å². The number of pyridine rings is 1. The van der Waals surface area contributed by atoms with Gasteiger partial charge in [0.1, 0.15) is 5.65 Å². The highest BCUT2D eigenvalue weighted by molar-refractivity contribution is 14.0. The summed E-state index contributed by atoms with van der Waals surface area (Å²) in [6, 6.07) is 17.3. The van der Waals surface area contributed by atoms with E-state index in [2.05, 4.69) is 68.4 Å². The van der Waals surface area contributed by atoms with Crippen LogP contribution in [0.25, 0.3) is 5.65 Å². The van der Waals surface area contributed by atoms with Crippen LogP contribution in [0.15, 0.2) is 65.9 Å². The predicted octanol–water partition coefficient (Wildman–Crippen LogP) is 3.71. The van der Waals surface area contributed by atoms with Gasteiger partial charge >= 0.3 is 0 Å². The van der Waals surface area contributed by atoms with Crippen LogP contribution in [-0.4, -0.2) is 52.5 Å². The molecule has 3 aromatic rings. The molecule has 31 heavy (non-hydrogen) atoms. The molecule has 1 aliphatic heterocycles. The van der Waals surface area contributed by atoms with E-state index in [9.17, 15) is 0 Å². The Labute approximate surface area is 202 Å². The van der Waals surface area contributed by atoms with Crippen LogP contribution >= 0.6 is 24.0 Å². The summed E-state index contributed by atoms with van der Waals surface area (Å²) in [5, 5.41) is 6.85. The number of aliphatic imine (C=N–C) groups is 1. The monoisotopic (exact) mass is 532 g/mol. The first kappa shape index (κ1) is 23.5. The average molecular weight is 532 g/mol. The summed E-state index contributed by atoms with van der Waals surface area (Å²) in [4.78, 5) is 12.1. The van der Waals surface area contributed by atoms with Crippen molar-refractivity contribution in [1.29, 1.82) is 0 Å². The molecule has 0 bridgehead atoms. The standard InChI is InChI=1S/C24H32N6.HI/c1-2-25-24(26-14-13-21-19-30-15-7-6-12-23(30)28-21)27-17-22-11-8-16-29(22)18-20-9-4-3-5-10-20;/h3-7,9-10,12,15,19,22H,2,8,11,13-14,16-18H2,1H3,(H2,25,26,27);1H. The molecule has 1 aliphatic rings. The second-order valence-corrected chi connectivity index (χ2v) is 7.85. The normalized spacial score (nSPS) is 16.9. The summed E-state index contributed by atoms with van der Waals surface area (Å²) in [6.45, 7) is 6.78. The lowest BCUT2D eigenvalue weighted by Crippen LogP contribution is -2.40. The first-order valence-corrected chi connectivity index (χ1v) is 11.0. The second kappa shape index (κ2) is 12.0. The van der Waals surface area contributed by atoms with Gasteiger partial charge in [0.2, 0.25) is 0 Å². The molecule has 1 atom stereocenters. The second-order valence-electron chi connectivity index (χ2n) is 7.85. The van der Waals surface area contributed by atoms with Crippen molar-refractivity contribution < 1.29 is 0 Å². The maximum atomic E-state index is 4.89. The van der Waals surface area contributed by atoms with Crippen LogP contribution in [0.2, 0.25) is 0 Å². The lowest BCUT2D eigenvalue weighted by atomic mass is 10.2. The summed E-state index contributed by atoms with van der Waals surface area (Å²) in [6.07, 6.45) is 7.48. The van der Waals surface area contributed by atoms with E-state index >= 15 is 0 Å². The quantitative estimate of drug-likeness (QED) is 0.264. The van der Waals surface area contributed by atoms with Gasteiger partial charge in [-0.1, -0.05) is 36.4 Å². The van der Waals surface area contributed by atoms with Gasteiger partial charge in [-0.05, 0) is 44.0 Å². The number of aromatic nitrogens is 2. The molecular weight excluding hydrogens is 499 g/mol. The molecule has 1 saturated heterocycles. The zero-order chi connectivity index (χ0) is 20.6. The van der Waals surface area contributed by atoms with Gasteiger partial charge in [0.05, 0.1) is 12.2 Å². The van der Waals surface area contributed by atoms with Crippen LogP contribution in [0.3, 0.4) is 0 Å². The van der Waals surface area contributed by atoms with E-state index in [-0.39, 0.29) is 24.0 Å². The van der Waals surface area contributed by atoms with Crippen LogP contribution in [0.5, 0.6) is 0 Å². The summed E-state index contributed by atoms with van der Waals surface area (Å²) < 4.78 is 2.07. The highest BCUT2D eigenvalue weighted by Gasteiger charge is 2.24. The summed E-state index contributed by atoms with van der Waals surface area (Å²) in [5.41, 5.74) is 3.47. The minimum absolute atomic E-state index is 0. The Morgan fingerprint density at radius 2 is 1.97 bits per heavy atom. The zero-order valence-electron chi connectivity index (χ0n) is 18.2. The molecule has 1 unspecified atom stereocenters. The minimum atomic E-state index is 0. The lowest BCUT2D eigenvalue weighted by Gasteiger charge is -2.23. The number of benzene rings is 1. The van der Waals surface area contributed by atoms with Crippen LogP contribution in [0.1, 0.15) is 31.0 Å². The molecule has 0 radical (unpaired) electrons. The molecule has 2 N–H and O–H groups in total. The van der Waals surface area contributed by atoms with E-state index in [4.69, 9.17) is 4.99 Å². The first-order chi connectivity index (χ1) is 14.8. The van der Waals surface area contributed by atoms with Crippen molar-refractivity contribution in [3.05, 3.63) is 72.2 Å². The molecule has 1 fully saturated rings. The summed E-state index contributed by atoms with van der Waals surface area (Å²) in [7, 11) is 0. The van der Waals surface area contributed by atoms with Gasteiger partial charge in [-0.25, -0.2) is 4.98 Å². The van der Waals surface area contributed by atoms with Crippen molar-refractivity contribution >= 4 is 35.6 Å². The van der Waals surface area contributed by atoms with Gasteiger partial charge in [-0.2, -0.15) is 0 Å². The maximum absolute atomic E-state index is 4.89. The zero-order valence-corrected chi connectivity index (χ0v) is 20.5. The van der Waals surface area contributed by atoms with Crippen LogP contribution < -0.4 is 10.6 Å². The van der Waals surface area contributed by atoms with E-state index in [1.807, 2.05) is 24.4 Å². The Hall–Kier alpha value is -2.13. The van der Waals surface area contributed by atoms with Crippen LogP contribution in [0.4, 0.5) is 0 Å². The van der Waals surface area contributed by atoms with Gasteiger partial charge in [-0.15, -0.1) is 24.0 Å². The number of fused-ring (bicyclic) bond motifs is 1. The van der Waals surface area contributed by atoms with E-state index in [1.165, 1.54) is 18.4 Å². The highest BCUT2D eigenvalue weighted by Crippen LogP contribution is 2.20. The molecule has 0 spiro atoms. The summed E-state index contributed by atoms with van der Waals surface area (Å²) in [5.74, 6) is 0.896. The number of nitrogens with one attached hydrogen (secondary N) is 2. The van der Waals surface area contributed by atoms with Gasteiger partial charge < -0.3 is 15.0 Å². The fraction of sp³-hybridized carbons (Fsp3) is 0.417. The third kappa shape index (κ3) is 6.67. The Bertz CT molecular complexity index is 922. The molecule has 1 aromatic carbocycles. The molecule has 6 nitrogen and oxygen atoms in total. The Morgan fingerprint density at radius 1 is 1.13 bits per heavy atom. The smallest absolute Gasteiger partial charge is 0.191 e. The number of guanidine groups is 1. The fourth-order valence-corrected chi connectivity index (χ4v) is 4.08. The molecule has 3 heterocycles. The van der Waals surface area contributed by atoms with Crippen molar-refractivity contribution in [2.24, 2.45) is 4.99 Å².